The summed E-state index contributed by atoms with van der Waals surface area (Å²) in [4.78, 5) is 6.20. The molecule has 3 aliphatic carbocycles. The number of hydrogen-bond acceptors (Lipinski definition) is 8. The normalized spacial score (nSPS) is 29.4. The molecule has 4 aliphatic rings. The molecule has 7 nitrogen and oxygen atoms in total. The van der Waals surface area contributed by atoms with Crippen molar-refractivity contribution in [1.29, 1.82) is 0 Å². The Kier molecular flexibility index (Phi) is 12.6. The number of aliphatic hydroxyl groups excluding tert-OH is 2. The van der Waals surface area contributed by atoms with Crippen molar-refractivity contribution in [3.05, 3.63) is 60.7 Å². The maximum Gasteiger partial charge on any atom is 0.230 e. The monoisotopic (exact) mass is 667 g/mol. The Labute approximate surface area is 286 Å². The van der Waals surface area contributed by atoms with Crippen LogP contribution in [0.4, 0.5) is 0 Å². The molecule has 1 heterocycles. The number of aliphatic hydroxyl groups is 2. The van der Waals surface area contributed by atoms with Crippen LogP contribution in [-0.2, 0) is 9.57 Å². The summed E-state index contributed by atoms with van der Waals surface area (Å²) in [7, 11) is 0. The maximum atomic E-state index is 9.80. The van der Waals surface area contributed by atoms with E-state index in [1.165, 1.54) is 31.3 Å². The van der Waals surface area contributed by atoms with Crippen LogP contribution in [0.1, 0.15) is 103 Å². The SMILES string of the molecule is C=CCOc1ccc2c(c1)[C@H]1[C@H](CCCCO)[C@@H](CCCCO)C=C3C(=NOC(C)(C)C)C[C@H](SC4CCCC4)[C@@](OCC=C)(O2)[C@H]31. The molecule has 8 heteroatoms. The topological polar surface area (TPSA) is 89.7 Å². The highest BCUT2D eigenvalue weighted by molar-refractivity contribution is 8.00. The summed E-state index contributed by atoms with van der Waals surface area (Å²) < 4.78 is 20.4. The van der Waals surface area contributed by atoms with Crippen LogP contribution in [0.5, 0.6) is 11.5 Å². The summed E-state index contributed by atoms with van der Waals surface area (Å²) in [6, 6.07) is 6.23. The Morgan fingerprint density at radius 2 is 1.74 bits per heavy atom. The van der Waals surface area contributed by atoms with Crippen molar-refractivity contribution in [2.45, 2.75) is 119 Å². The predicted molar refractivity (Wildman–Crippen MR) is 191 cm³/mol. The third kappa shape index (κ3) is 8.31. The van der Waals surface area contributed by atoms with Crippen molar-refractivity contribution < 1.29 is 29.3 Å². The lowest BCUT2D eigenvalue weighted by Crippen LogP contribution is -2.64. The number of rotatable bonds is 17. The Morgan fingerprint density at radius 1 is 1.02 bits per heavy atom. The van der Waals surface area contributed by atoms with Gasteiger partial charge in [-0.05, 0) is 94.9 Å². The first kappa shape index (κ1) is 36.0. The van der Waals surface area contributed by atoms with Crippen LogP contribution in [0.15, 0.2) is 60.3 Å². The van der Waals surface area contributed by atoms with Crippen LogP contribution in [0.25, 0.3) is 0 Å². The smallest absolute Gasteiger partial charge is 0.230 e. The number of oxime groups is 1. The molecule has 0 amide bonds. The molecule has 0 bridgehead atoms. The molecule has 2 fully saturated rings. The van der Waals surface area contributed by atoms with E-state index in [1.807, 2.05) is 44.7 Å². The van der Waals surface area contributed by atoms with Crippen LogP contribution < -0.4 is 9.47 Å². The van der Waals surface area contributed by atoms with Gasteiger partial charge in [-0.2, -0.15) is 0 Å². The minimum Gasteiger partial charge on any atom is -0.490 e. The summed E-state index contributed by atoms with van der Waals surface area (Å²) in [6.45, 7) is 15.2. The summed E-state index contributed by atoms with van der Waals surface area (Å²) >= 11 is 2.02. The van der Waals surface area contributed by atoms with Gasteiger partial charge in [0.05, 0.1) is 23.5 Å². The van der Waals surface area contributed by atoms with Crippen LogP contribution in [0, 0.1) is 17.8 Å². The average molecular weight is 668 g/mol. The summed E-state index contributed by atoms with van der Waals surface area (Å²) in [5.74, 6) is 1.22. The van der Waals surface area contributed by atoms with Gasteiger partial charge in [0.25, 0.3) is 0 Å². The lowest BCUT2D eigenvalue weighted by molar-refractivity contribution is -0.223. The Bertz CT molecular complexity index is 1270. The molecule has 1 aliphatic heterocycles. The first-order valence-corrected chi connectivity index (χ1v) is 18.8. The van der Waals surface area contributed by atoms with E-state index < -0.39 is 11.4 Å². The second-order valence-corrected chi connectivity index (χ2v) is 16.1. The lowest BCUT2D eigenvalue weighted by Gasteiger charge is -2.58. The Hall–Kier alpha value is -2.26. The zero-order valence-electron chi connectivity index (χ0n) is 28.8. The van der Waals surface area contributed by atoms with Crippen LogP contribution in [-0.4, -0.2) is 64.2 Å². The maximum absolute atomic E-state index is 9.80. The molecule has 1 aromatic carbocycles. The summed E-state index contributed by atoms with van der Waals surface area (Å²) in [5.41, 5.74) is 2.88. The van der Waals surface area contributed by atoms with Gasteiger partial charge in [0.2, 0.25) is 5.79 Å². The van der Waals surface area contributed by atoms with E-state index in [2.05, 4.69) is 31.4 Å². The molecule has 0 spiro atoms. The minimum absolute atomic E-state index is 0.00592. The van der Waals surface area contributed by atoms with E-state index in [4.69, 9.17) is 24.2 Å². The molecule has 2 N–H and O–H groups in total. The minimum atomic E-state index is -0.916. The number of hydrogen-bond donors (Lipinski definition) is 2. The summed E-state index contributed by atoms with van der Waals surface area (Å²) in [5, 5.41) is 25.0. The second kappa shape index (κ2) is 16.4. The van der Waals surface area contributed by atoms with Gasteiger partial charge in [-0.15, -0.1) is 18.3 Å². The number of nitrogens with zero attached hydrogens (tertiary/aromatic N) is 1. The van der Waals surface area contributed by atoms with E-state index >= 15 is 0 Å². The van der Waals surface area contributed by atoms with Crippen molar-refractivity contribution in [2.75, 3.05) is 26.4 Å². The van der Waals surface area contributed by atoms with Crippen molar-refractivity contribution in [3.8, 4) is 11.5 Å². The molecule has 0 saturated heterocycles. The molecular formula is C39H57NO6S. The van der Waals surface area contributed by atoms with Gasteiger partial charge in [0.1, 0.15) is 23.7 Å². The molecular weight excluding hydrogens is 610 g/mol. The Balaban J connectivity index is 1.72. The number of fused-ring (bicyclic) bond motifs is 2. The van der Waals surface area contributed by atoms with E-state index in [-0.39, 0.29) is 42.1 Å². The van der Waals surface area contributed by atoms with Crippen LogP contribution >= 0.6 is 11.8 Å². The fourth-order valence-corrected chi connectivity index (χ4v) is 9.91. The highest BCUT2D eigenvalue weighted by Gasteiger charge is 2.64. The van der Waals surface area contributed by atoms with Gasteiger partial charge in [-0.3, -0.25) is 0 Å². The average Bonchev–Trinajstić information content (AvgIpc) is 3.57. The van der Waals surface area contributed by atoms with Gasteiger partial charge in [-0.1, -0.05) is 55.6 Å². The fraction of sp³-hybridized carbons (Fsp3) is 0.667. The number of benzene rings is 1. The van der Waals surface area contributed by atoms with E-state index in [0.717, 1.165) is 61.3 Å². The third-order valence-electron chi connectivity index (χ3n) is 10.1. The second-order valence-electron chi connectivity index (χ2n) is 14.6. The molecule has 260 valence electrons. The van der Waals surface area contributed by atoms with E-state index in [0.29, 0.717) is 24.9 Å². The van der Waals surface area contributed by atoms with Gasteiger partial charge < -0.3 is 29.3 Å². The van der Waals surface area contributed by atoms with Crippen molar-refractivity contribution in [1.82, 2.24) is 0 Å². The Morgan fingerprint density at radius 3 is 2.43 bits per heavy atom. The number of unbranched alkanes of at least 4 members (excludes halogenated alkanes) is 2. The van der Waals surface area contributed by atoms with Gasteiger partial charge in [0.15, 0.2) is 0 Å². The third-order valence-corrected chi connectivity index (χ3v) is 11.8. The first-order valence-electron chi connectivity index (χ1n) is 17.9. The standard InChI is InChI=1S/C39H57NO6S/c1-6-22-43-28-18-19-34-32(25-28)36-30(17-11-13-21-42)27(14-10-12-20-41)24-31-33(40-46-38(3,4)5)26-35(47-29-15-8-9-16-29)39(45-34,37(31)36)44-23-7-2/h6-7,18-19,24-25,27,29-30,35-37,41-42H,1-2,8-17,20-23,26H2,3-5H3/t27-,30+,35-,36+,37+,39+/m0/s1. The van der Waals surface area contributed by atoms with Crippen LogP contribution in [0.3, 0.4) is 0 Å². The molecule has 0 radical (unpaired) electrons. The highest BCUT2D eigenvalue weighted by atomic mass is 32.2. The molecule has 47 heavy (non-hydrogen) atoms. The molecule has 1 aromatic rings. The number of thioether (sulfide) groups is 1. The van der Waals surface area contributed by atoms with Crippen LogP contribution in [0.2, 0.25) is 0 Å². The predicted octanol–water partition coefficient (Wildman–Crippen LogP) is 8.36. The zero-order valence-corrected chi connectivity index (χ0v) is 29.6. The number of allylic oxidation sites excluding steroid dienone is 1. The van der Waals surface area contributed by atoms with E-state index in [9.17, 15) is 10.2 Å². The quantitative estimate of drug-likeness (QED) is 0.0981. The number of ether oxygens (including phenoxy) is 3. The van der Waals surface area contributed by atoms with Crippen molar-refractivity contribution >= 4 is 17.5 Å². The molecule has 2 saturated carbocycles. The highest BCUT2D eigenvalue weighted by Crippen LogP contribution is 2.63. The van der Waals surface area contributed by atoms with Gasteiger partial charge >= 0.3 is 0 Å². The molecule has 6 atom stereocenters. The molecule has 0 aromatic heterocycles. The van der Waals surface area contributed by atoms with Gasteiger partial charge in [0, 0.05) is 36.4 Å². The van der Waals surface area contributed by atoms with E-state index in [1.54, 1.807) is 6.08 Å². The zero-order chi connectivity index (χ0) is 33.4. The largest absolute Gasteiger partial charge is 0.490 e. The van der Waals surface area contributed by atoms with Gasteiger partial charge in [-0.25, -0.2) is 0 Å². The summed E-state index contributed by atoms with van der Waals surface area (Å²) in [6.07, 6.45) is 17.0. The first-order chi connectivity index (χ1) is 22.7. The molecule has 0 unspecified atom stereocenters. The fourth-order valence-electron chi connectivity index (χ4n) is 8.14. The molecule has 5 rings (SSSR count). The van der Waals surface area contributed by atoms with Crippen molar-refractivity contribution in [2.24, 2.45) is 22.9 Å². The van der Waals surface area contributed by atoms with Crippen molar-refractivity contribution in [3.63, 3.8) is 0 Å². The lowest BCUT2D eigenvalue weighted by atomic mass is 9.56.